The van der Waals surface area contributed by atoms with Gasteiger partial charge in [-0.05, 0) is 31.5 Å². The van der Waals surface area contributed by atoms with E-state index in [1.807, 2.05) is 24.3 Å². The summed E-state index contributed by atoms with van der Waals surface area (Å²) in [6, 6.07) is 7.45. The second-order valence-corrected chi connectivity index (χ2v) is 6.27. The normalized spacial score (nSPS) is 10.6. The number of nitrogens with zero attached hydrogens (tertiary/aromatic N) is 3. The number of halogens is 1. The molecule has 0 spiro atoms. The van der Waals surface area contributed by atoms with Crippen LogP contribution in [-0.2, 0) is 18.4 Å². The Balaban J connectivity index is 2.34. The molecule has 0 radical (unpaired) electrons. The molecule has 7 heteroatoms. The van der Waals surface area contributed by atoms with Crippen molar-refractivity contribution in [2.75, 3.05) is 6.54 Å². The summed E-state index contributed by atoms with van der Waals surface area (Å²) in [5.74, 6) is -1.37. The van der Waals surface area contributed by atoms with Crippen LogP contribution in [0.4, 0.5) is 0 Å². The Labute approximate surface area is 142 Å². The van der Waals surface area contributed by atoms with E-state index in [0.29, 0.717) is 11.3 Å². The summed E-state index contributed by atoms with van der Waals surface area (Å²) in [7, 11) is 1.76. The summed E-state index contributed by atoms with van der Waals surface area (Å²) < 4.78 is 2.51. The zero-order valence-electron chi connectivity index (χ0n) is 13.2. The van der Waals surface area contributed by atoms with E-state index in [-0.39, 0.29) is 19.0 Å². The number of aryl methyl sites for hydroxylation is 2. The van der Waals surface area contributed by atoms with Crippen molar-refractivity contribution < 1.29 is 14.7 Å². The number of carboxylic acid groups (broad SMARTS) is 1. The molecule has 1 aromatic heterocycles. The van der Waals surface area contributed by atoms with Crippen molar-refractivity contribution in [3.8, 4) is 0 Å². The smallest absolute Gasteiger partial charge is 0.323 e. The Hall–Kier alpha value is -2.15. The number of benzene rings is 1. The van der Waals surface area contributed by atoms with Crippen LogP contribution in [0, 0.1) is 13.8 Å². The summed E-state index contributed by atoms with van der Waals surface area (Å²) in [6.07, 6.45) is 0. The van der Waals surface area contributed by atoms with Crippen molar-refractivity contribution >= 4 is 27.8 Å². The SMILES string of the molecule is Cc1nn(C)c(C)c1C(=O)N(CC(=O)O)Cc1cccc(Br)c1. The van der Waals surface area contributed by atoms with Gasteiger partial charge in [0.15, 0.2) is 0 Å². The first-order valence-corrected chi connectivity index (χ1v) is 7.84. The molecular formula is C16H18BrN3O3. The first-order valence-electron chi connectivity index (χ1n) is 7.05. The molecule has 1 amide bonds. The third-order valence-corrected chi connectivity index (χ3v) is 4.09. The van der Waals surface area contributed by atoms with E-state index in [2.05, 4.69) is 21.0 Å². The van der Waals surface area contributed by atoms with E-state index in [1.165, 1.54) is 4.90 Å². The Morgan fingerprint density at radius 2 is 2.04 bits per heavy atom. The summed E-state index contributed by atoms with van der Waals surface area (Å²) >= 11 is 3.38. The number of aliphatic carboxylic acids is 1. The molecule has 2 aromatic rings. The fraction of sp³-hybridized carbons (Fsp3) is 0.312. The fourth-order valence-electron chi connectivity index (χ4n) is 2.46. The monoisotopic (exact) mass is 379 g/mol. The number of amides is 1. The van der Waals surface area contributed by atoms with Gasteiger partial charge in [-0.3, -0.25) is 14.3 Å². The van der Waals surface area contributed by atoms with Crippen LogP contribution in [0.3, 0.4) is 0 Å². The number of carbonyl (C=O) groups is 2. The molecule has 0 bridgehead atoms. The van der Waals surface area contributed by atoms with Crippen LogP contribution in [0.1, 0.15) is 27.3 Å². The molecular weight excluding hydrogens is 362 g/mol. The molecule has 0 fully saturated rings. The molecule has 1 heterocycles. The second kappa shape index (κ2) is 6.95. The molecule has 0 unspecified atom stereocenters. The van der Waals surface area contributed by atoms with Crippen molar-refractivity contribution in [3.63, 3.8) is 0 Å². The third kappa shape index (κ3) is 3.98. The van der Waals surface area contributed by atoms with Gasteiger partial charge in [0.25, 0.3) is 5.91 Å². The van der Waals surface area contributed by atoms with Crippen molar-refractivity contribution in [1.82, 2.24) is 14.7 Å². The van der Waals surface area contributed by atoms with Gasteiger partial charge in [0, 0.05) is 23.8 Å². The molecule has 6 nitrogen and oxygen atoms in total. The maximum atomic E-state index is 12.8. The van der Waals surface area contributed by atoms with Gasteiger partial charge in [0.05, 0.1) is 11.3 Å². The molecule has 0 atom stereocenters. The zero-order chi connectivity index (χ0) is 17.1. The Bertz CT molecular complexity index is 755. The summed E-state index contributed by atoms with van der Waals surface area (Å²) in [6.45, 7) is 3.40. The summed E-state index contributed by atoms with van der Waals surface area (Å²) in [5.41, 5.74) is 2.63. The third-order valence-electron chi connectivity index (χ3n) is 3.60. The predicted octanol–water partition coefficient (Wildman–Crippen LogP) is 2.53. The largest absolute Gasteiger partial charge is 0.480 e. The molecule has 0 saturated heterocycles. The Kier molecular flexibility index (Phi) is 5.20. The molecule has 122 valence electrons. The lowest BCUT2D eigenvalue weighted by Crippen LogP contribution is -2.35. The summed E-state index contributed by atoms with van der Waals surface area (Å²) in [4.78, 5) is 25.3. The lowest BCUT2D eigenvalue weighted by molar-refractivity contribution is -0.137. The highest BCUT2D eigenvalue weighted by atomic mass is 79.9. The molecule has 0 aliphatic heterocycles. The van der Waals surface area contributed by atoms with Gasteiger partial charge in [0.2, 0.25) is 0 Å². The van der Waals surface area contributed by atoms with E-state index in [0.717, 1.165) is 15.7 Å². The lowest BCUT2D eigenvalue weighted by Gasteiger charge is -2.21. The van der Waals surface area contributed by atoms with Gasteiger partial charge in [-0.25, -0.2) is 0 Å². The average molecular weight is 380 g/mol. The molecule has 0 aliphatic carbocycles. The van der Waals surface area contributed by atoms with E-state index in [4.69, 9.17) is 5.11 Å². The number of carboxylic acids is 1. The maximum absolute atomic E-state index is 12.8. The van der Waals surface area contributed by atoms with E-state index in [1.54, 1.807) is 25.6 Å². The van der Waals surface area contributed by atoms with Crippen LogP contribution < -0.4 is 0 Å². The van der Waals surface area contributed by atoms with Crippen molar-refractivity contribution in [1.29, 1.82) is 0 Å². The van der Waals surface area contributed by atoms with Crippen LogP contribution >= 0.6 is 15.9 Å². The predicted molar refractivity (Wildman–Crippen MR) is 89.2 cm³/mol. The van der Waals surface area contributed by atoms with Crippen molar-refractivity contribution in [3.05, 3.63) is 51.3 Å². The van der Waals surface area contributed by atoms with E-state index >= 15 is 0 Å². The molecule has 1 N–H and O–H groups in total. The minimum absolute atomic E-state index is 0.221. The minimum Gasteiger partial charge on any atom is -0.480 e. The van der Waals surface area contributed by atoms with Crippen LogP contribution in [0.2, 0.25) is 0 Å². The highest BCUT2D eigenvalue weighted by molar-refractivity contribution is 9.10. The maximum Gasteiger partial charge on any atom is 0.323 e. The molecule has 1 aromatic carbocycles. The molecule has 23 heavy (non-hydrogen) atoms. The topological polar surface area (TPSA) is 75.4 Å². The first-order chi connectivity index (χ1) is 10.8. The number of carbonyl (C=O) groups excluding carboxylic acids is 1. The molecule has 2 rings (SSSR count). The number of rotatable bonds is 5. The van der Waals surface area contributed by atoms with Crippen molar-refractivity contribution in [2.24, 2.45) is 7.05 Å². The van der Waals surface area contributed by atoms with Gasteiger partial charge in [-0.2, -0.15) is 5.10 Å². The van der Waals surface area contributed by atoms with Crippen LogP contribution in [0.25, 0.3) is 0 Å². The highest BCUT2D eigenvalue weighted by Gasteiger charge is 2.24. The first kappa shape index (κ1) is 17.2. The number of hydrogen-bond donors (Lipinski definition) is 1. The summed E-state index contributed by atoms with van der Waals surface area (Å²) in [5, 5.41) is 13.4. The van der Waals surface area contributed by atoms with Crippen LogP contribution in [-0.4, -0.2) is 38.2 Å². The van der Waals surface area contributed by atoms with Gasteiger partial charge in [0.1, 0.15) is 6.54 Å². The lowest BCUT2D eigenvalue weighted by atomic mass is 10.1. The van der Waals surface area contributed by atoms with Crippen molar-refractivity contribution in [2.45, 2.75) is 20.4 Å². The average Bonchev–Trinajstić information content (AvgIpc) is 2.70. The quantitative estimate of drug-likeness (QED) is 0.865. The highest BCUT2D eigenvalue weighted by Crippen LogP contribution is 2.18. The van der Waals surface area contributed by atoms with E-state index in [9.17, 15) is 9.59 Å². The van der Waals surface area contributed by atoms with Gasteiger partial charge in [-0.1, -0.05) is 28.1 Å². The van der Waals surface area contributed by atoms with E-state index < -0.39 is 5.97 Å². The fourth-order valence-corrected chi connectivity index (χ4v) is 2.91. The Morgan fingerprint density at radius 1 is 1.35 bits per heavy atom. The van der Waals surface area contributed by atoms with Gasteiger partial charge < -0.3 is 10.0 Å². The van der Waals surface area contributed by atoms with Crippen LogP contribution in [0.5, 0.6) is 0 Å². The molecule has 0 saturated carbocycles. The Morgan fingerprint density at radius 3 is 2.57 bits per heavy atom. The zero-order valence-corrected chi connectivity index (χ0v) is 14.8. The van der Waals surface area contributed by atoms with Gasteiger partial charge in [-0.15, -0.1) is 0 Å². The van der Waals surface area contributed by atoms with Crippen LogP contribution in [0.15, 0.2) is 28.7 Å². The minimum atomic E-state index is -1.05. The molecule has 0 aliphatic rings. The number of aromatic nitrogens is 2. The number of hydrogen-bond acceptors (Lipinski definition) is 3. The second-order valence-electron chi connectivity index (χ2n) is 5.35. The standard InChI is InChI=1S/C16H18BrN3O3/c1-10-15(11(2)19(3)18-10)16(23)20(9-14(21)22)8-12-5-4-6-13(17)7-12/h4-7H,8-9H2,1-3H3,(H,21,22). The van der Waals surface area contributed by atoms with Gasteiger partial charge >= 0.3 is 5.97 Å².